The van der Waals surface area contributed by atoms with Crippen LogP contribution in [-0.2, 0) is 9.53 Å². The lowest BCUT2D eigenvalue weighted by Crippen LogP contribution is -2.47. The number of ether oxygens (including phenoxy) is 1. The third kappa shape index (κ3) is 3.80. The van der Waals surface area contributed by atoms with Crippen LogP contribution in [0.2, 0.25) is 0 Å². The smallest absolute Gasteiger partial charge is 0.226 e. The maximum atomic E-state index is 11.0. The largest absolute Gasteiger partial charge is 0.373 e. The Balaban J connectivity index is 2.01. The molecule has 0 aliphatic carbocycles. The minimum absolute atomic E-state index is 0.00887. The van der Waals surface area contributed by atoms with Crippen molar-refractivity contribution in [2.45, 2.75) is 13.0 Å². The van der Waals surface area contributed by atoms with Crippen LogP contribution in [0, 0.1) is 0 Å². The number of amides is 1. The van der Waals surface area contributed by atoms with Gasteiger partial charge in [-0.3, -0.25) is 4.79 Å². The fourth-order valence-corrected chi connectivity index (χ4v) is 2.04. The first-order valence-electron chi connectivity index (χ1n) is 6.67. The highest BCUT2D eigenvalue weighted by molar-refractivity contribution is 5.72. The lowest BCUT2D eigenvalue weighted by molar-refractivity contribution is -0.119. The van der Waals surface area contributed by atoms with Crippen molar-refractivity contribution in [3.63, 3.8) is 0 Å². The van der Waals surface area contributed by atoms with Crippen LogP contribution in [0.4, 0.5) is 11.8 Å². The number of morpholine rings is 1. The Morgan fingerprint density at radius 3 is 3.10 bits per heavy atom. The van der Waals surface area contributed by atoms with Gasteiger partial charge in [0.05, 0.1) is 12.7 Å². The van der Waals surface area contributed by atoms with Crippen molar-refractivity contribution in [1.29, 1.82) is 0 Å². The highest BCUT2D eigenvalue weighted by atomic mass is 16.5. The first-order valence-corrected chi connectivity index (χ1v) is 6.67. The first kappa shape index (κ1) is 14.5. The summed E-state index contributed by atoms with van der Waals surface area (Å²) in [6, 6.07) is 1.90. The summed E-state index contributed by atoms with van der Waals surface area (Å²) in [4.78, 5) is 23.7. The van der Waals surface area contributed by atoms with Crippen molar-refractivity contribution >= 4 is 17.7 Å². The van der Waals surface area contributed by atoms with E-state index in [1.807, 2.05) is 25.1 Å². The number of carbonyl (C=O) groups excluding carboxylic acids is 1. The third-order valence-electron chi connectivity index (χ3n) is 3.07. The van der Waals surface area contributed by atoms with E-state index < -0.39 is 0 Å². The maximum absolute atomic E-state index is 11.0. The monoisotopic (exact) mass is 279 g/mol. The fourth-order valence-electron chi connectivity index (χ4n) is 2.04. The predicted octanol–water partition coefficient (Wildman–Crippen LogP) is -0.116. The van der Waals surface area contributed by atoms with Crippen molar-refractivity contribution in [2.75, 3.05) is 50.1 Å². The van der Waals surface area contributed by atoms with E-state index in [4.69, 9.17) is 4.74 Å². The molecule has 110 valence electrons. The molecule has 7 heteroatoms. The summed E-state index contributed by atoms with van der Waals surface area (Å²) < 4.78 is 5.65. The molecule has 2 rings (SSSR count). The summed E-state index contributed by atoms with van der Waals surface area (Å²) in [6.45, 7) is 4.17. The summed E-state index contributed by atoms with van der Waals surface area (Å²) >= 11 is 0. The Hall–Kier alpha value is -1.89. The van der Waals surface area contributed by atoms with E-state index in [-0.39, 0.29) is 12.0 Å². The molecule has 1 aromatic heterocycles. The van der Waals surface area contributed by atoms with E-state index in [1.54, 1.807) is 6.20 Å². The molecule has 1 fully saturated rings. The molecule has 1 unspecified atom stereocenters. The normalized spacial score (nSPS) is 18.8. The van der Waals surface area contributed by atoms with Gasteiger partial charge >= 0.3 is 0 Å². The van der Waals surface area contributed by atoms with E-state index in [0.717, 1.165) is 12.4 Å². The van der Waals surface area contributed by atoms with Crippen LogP contribution in [-0.4, -0.2) is 62.3 Å². The summed E-state index contributed by atoms with van der Waals surface area (Å²) in [5.74, 6) is 1.54. The molecule has 0 spiro atoms. The molecule has 1 aliphatic rings. The number of hydrogen-bond acceptors (Lipinski definition) is 6. The van der Waals surface area contributed by atoms with Crippen LogP contribution in [0.15, 0.2) is 12.3 Å². The van der Waals surface area contributed by atoms with Crippen LogP contribution in [0.25, 0.3) is 0 Å². The standard InChI is InChI=1S/C13H21N5O2/c1-10(19)15-8-11-9-18(6-7-20-11)12-4-5-14-13(16-12)17(2)3/h4-5,11H,6-9H2,1-3H3,(H,15,19). The summed E-state index contributed by atoms with van der Waals surface area (Å²) in [7, 11) is 3.83. The number of nitrogens with one attached hydrogen (secondary N) is 1. The Morgan fingerprint density at radius 1 is 1.60 bits per heavy atom. The SMILES string of the molecule is CC(=O)NCC1CN(c2ccnc(N(C)C)n2)CCO1. The zero-order valence-electron chi connectivity index (χ0n) is 12.2. The first-order chi connectivity index (χ1) is 9.56. The van der Waals surface area contributed by atoms with Gasteiger partial charge in [0.2, 0.25) is 11.9 Å². The third-order valence-corrected chi connectivity index (χ3v) is 3.07. The quantitative estimate of drug-likeness (QED) is 0.829. The second-order valence-corrected chi connectivity index (χ2v) is 4.99. The minimum atomic E-state index is -0.0392. The number of carbonyl (C=O) groups is 1. The van der Waals surface area contributed by atoms with Gasteiger partial charge in [-0.2, -0.15) is 4.98 Å². The predicted molar refractivity (Wildman–Crippen MR) is 77.0 cm³/mol. The second kappa shape index (κ2) is 6.51. The van der Waals surface area contributed by atoms with Crippen LogP contribution >= 0.6 is 0 Å². The van der Waals surface area contributed by atoms with Gasteiger partial charge in [-0.1, -0.05) is 0 Å². The molecule has 1 atom stereocenters. The summed E-state index contributed by atoms with van der Waals surface area (Å²) in [5.41, 5.74) is 0. The molecule has 0 aromatic carbocycles. The van der Waals surface area contributed by atoms with Crippen LogP contribution in [0.3, 0.4) is 0 Å². The molecule has 1 amide bonds. The van der Waals surface area contributed by atoms with Crippen LogP contribution < -0.4 is 15.1 Å². The van der Waals surface area contributed by atoms with E-state index >= 15 is 0 Å². The van der Waals surface area contributed by atoms with Gasteiger partial charge in [0.1, 0.15) is 5.82 Å². The van der Waals surface area contributed by atoms with Gasteiger partial charge in [0, 0.05) is 46.9 Å². The molecular formula is C13H21N5O2. The molecule has 1 N–H and O–H groups in total. The van der Waals surface area contributed by atoms with Crippen LogP contribution in [0.5, 0.6) is 0 Å². The van der Waals surface area contributed by atoms with Crippen molar-refractivity contribution < 1.29 is 9.53 Å². The van der Waals surface area contributed by atoms with Crippen molar-refractivity contribution in [3.8, 4) is 0 Å². The molecule has 0 saturated carbocycles. The van der Waals surface area contributed by atoms with E-state index in [2.05, 4.69) is 20.2 Å². The van der Waals surface area contributed by atoms with Gasteiger partial charge in [-0.05, 0) is 6.07 Å². The highest BCUT2D eigenvalue weighted by Crippen LogP contribution is 2.16. The van der Waals surface area contributed by atoms with Gasteiger partial charge in [0.25, 0.3) is 0 Å². The topological polar surface area (TPSA) is 70.6 Å². The molecule has 1 saturated heterocycles. The Morgan fingerprint density at radius 2 is 2.40 bits per heavy atom. The molecule has 1 aliphatic heterocycles. The van der Waals surface area contributed by atoms with Gasteiger partial charge in [-0.15, -0.1) is 0 Å². The fraction of sp³-hybridized carbons (Fsp3) is 0.615. The molecular weight excluding hydrogens is 258 g/mol. The van der Waals surface area contributed by atoms with Crippen molar-refractivity contribution in [3.05, 3.63) is 12.3 Å². The average Bonchev–Trinajstić information content (AvgIpc) is 2.45. The molecule has 0 radical (unpaired) electrons. The number of hydrogen-bond donors (Lipinski definition) is 1. The highest BCUT2D eigenvalue weighted by Gasteiger charge is 2.22. The second-order valence-electron chi connectivity index (χ2n) is 4.99. The molecule has 2 heterocycles. The molecule has 20 heavy (non-hydrogen) atoms. The Labute approximate surface area is 118 Å². The lowest BCUT2D eigenvalue weighted by atomic mass is 10.2. The maximum Gasteiger partial charge on any atom is 0.226 e. The zero-order valence-corrected chi connectivity index (χ0v) is 12.2. The van der Waals surface area contributed by atoms with E-state index in [0.29, 0.717) is 25.6 Å². The number of anilines is 2. The Kier molecular flexibility index (Phi) is 4.73. The van der Waals surface area contributed by atoms with Crippen molar-refractivity contribution in [1.82, 2.24) is 15.3 Å². The van der Waals surface area contributed by atoms with Crippen molar-refractivity contribution in [2.24, 2.45) is 0 Å². The number of aromatic nitrogens is 2. The summed E-state index contributed by atoms with van der Waals surface area (Å²) in [6.07, 6.45) is 1.75. The summed E-state index contributed by atoms with van der Waals surface area (Å²) in [5, 5.41) is 2.79. The molecule has 1 aromatic rings. The number of nitrogens with zero attached hydrogens (tertiary/aromatic N) is 4. The molecule has 7 nitrogen and oxygen atoms in total. The van der Waals surface area contributed by atoms with Gasteiger partial charge < -0.3 is 19.9 Å². The van der Waals surface area contributed by atoms with Crippen LogP contribution in [0.1, 0.15) is 6.92 Å². The van der Waals surface area contributed by atoms with Gasteiger partial charge in [0.15, 0.2) is 0 Å². The average molecular weight is 279 g/mol. The number of rotatable bonds is 4. The zero-order chi connectivity index (χ0) is 14.5. The van der Waals surface area contributed by atoms with Gasteiger partial charge in [-0.25, -0.2) is 4.98 Å². The minimum Gasteiger partial charge on any atom is -0.373 e. The molecule has 0 bridgehead atoms. The van der Waals surface area contributed by atoms with E-state index in [9.17, 15) is 4.79 Å². The Bertz CT molecular complexity index is 466. The van der Waals surface area contributed by atoms with E-state index in [1.165, 1.54) is 6.92 Å². The lowest BCUT2D eigenvalue weighted by Gasteiger charge is -2.34.